The van der Waals surface area contributed by atoms with Gasteiger partial charge in [0.05, 0.1) is 17.0 Å². The summed E-state index contributed by atoms with van der Waals surface area (Å²) in [6, 6.07) is 11.5. The maximum atomic E-state index is 13.9. The number of benzene rings is 2. The van der Waals surface area contributed by atoms with E-state index in [0.717, 1.165) is 0 Å². The highest BCUT2D eigenvalue weighted by Crippen LogP contribution is 2.30. The number of hydrogen-bond acceptors (Lipinski definition) is 4. The molecule has 0 spiro atoms. The Bertz CT molecular complexity index is 1200. The van der Waals surface area contributed by atoms with E-state index in [1.165, 1.54) is 36.4 Å². The van der Waals surface area contributed by atoms with Gasteiger partial charge >= 0.3 is 0 Å². The van der Waals surface area contributed by atoms with E-state index in [-0.39, 0.29) is 17.0 Å². The minimum atomic E-state index is -0.670. The van der Waals surface area contributed by atoms with Crippen molar-refractivity contribution >= 4 is 23.2 Å². The summed E-state index contributed by atoms with van der Waals surface area (Å²) >= 11 is 0. The van der Waals surface area contributed by atoms with Crippen LogP contribution in [0.4, 0.5) is 14.5 Å². The number of rotatable bonds is 4. The minimum Gasteiger partial charge on any atom is -0.455 e. The van der Waals surface area contributed by atoms with E-state index >= 15 is 0 Å². The van der Waals surface area contributed by atoms with Crippen LogP contribution >= 0.6 is 0 Å². The van der Waals surface area contributed by atoms with Gasteiger partial charge in [-0.05, 0) is 44.0 Å². The van der Waals surface area contributed by atoms with Crippen LogP contribution in [0.2, 0.25) is 0 Å². The molecule has 1 aliphatic rings. The van der Waals surface area contributed by atoms with Gasteiger partial charge in [0.25, 0.3) is 11.8 Å². The van der Waals surface area contributed by atoms with Crippen molar-refractivity contribution in [1.82, 2.24) is 5.43 Å². The molecule has 2 amide bonds. The molecule has 3 aromatic rings. The number of nitrogens with one attached hydrogen (secondary N) is 2. The van der Waals surface area contributed by atoms with Crippen LogP contribution in [0, 0.1) is 18.6 Å². The summed E-state index contributed by atoms with van der Waals surface area (Å²) in [7, 11) is 0. The number of aryl methyl sites for hydroxylation is 1. The Morgan fingerprint density at radius 2 is 1.68 bits per heavy atom. The number of furan rings is 1. The van der Waals surface area contributed by atoms with Gasteiger partial charge in [-0.25, -0.2) is 14.2 Å². The lowest BCUT2D eigenvalue weighted by atomic mass is 9.93. The number of fused-ring (bicyclic) bond motifs is 1. The van der Waals surface area contributed by atoms with Gasteiger partial charge in [0.2, 0.25) is 0 Å². The summed E-state index contributed by atoms with van der Waals surface area (Å²) in [6.45, 7) is 1.71. The molecule has 6 nitrogen and oxygen atoms in total. The van der Waals surface area contributed by atoms with Gasteiger partial charge in [0, 0.05) is 17.5 Å². The molecule has 8 heteroatoms. The third-order valence-corrected chi connectivity index (χ3v) is 5.06. The fraction of sp³-hybridized carbons (Fsp3) is 0.174. The first-order valence-corrected chi connectivity index (χ1v) is 9.75. The molecule has 0 fully saturated rings. The molecule has 158 valence electrons. The molecule has 0 atom stereocenters. The van der Waals surface area contributed by atoms with Crippen LogP contribution in [-0.4, -0.2) is 17.5 Å². The third kappa shape index (κ3) is 4.09. The second-order valence-electron chi connectivity index (χ2n) is 7.12. The molecule has 2 N–H and O–H groups in total. The van der Waals surface area contributed by atoms with E-state index in [4.69, 9.17) is 4.42 Å². The van der Waals surface area contributed by atoms with Crippen molar-refractivity contribution in [2.75, 3.05) is 5.32 Å². The second-order valence-corrected chi connectivity index (χ2v) is 7.12. The predicted molar refractivity (Wildman–Crippen MR) is 111 cm³/mol. The summed E-state index contributed by atoms with van der Waals surface area (Å²) < 4.78 is 33.4. The number of anilines is 1. The SMILES string of the molecule is Cc1c(C(=O)Nc2ccccc2F)oc2c1/C(=N/NC(=O)c1ccccc1F)CCC2. The van der Waals surface area contributed by atoms with Crippen LogP contribution < -0.4 is 10.7 Å². The second kappa shape index (κ2) is 8.51. The molecule has 2 aromatic carbocycles. The molecule has 0 bridgehead atoms. The first-order chi connectivity index (χ1) is 15.0. The van der Waals surface area contributed by atoms with E-state index in [9.17, 15) is 18.4 Å². The minimum absolute atomic E-state index is 0.0484. The van der Waals surface area contributed by atoms with Gasteiger partial charge in [-0.1, -0.05) is 24.3 Å². The third-order valence-electron chi connectivity index (χ3n) is 5.06. The van der Waals surface area contributed by atoms with Crippen LogP contribution in [0.25, 0.3) is 0 Å². The van der Waals surface area contributed by atoms with Crippen molar-refractivity contribution in [1.29, 1.82) is 0 Å². The normalized spacial score (nSPS) is 14.2. The molecular formula is C23H19F2N3O3. The quantitative estimate of drug-likeness (QED) is 0.602. The van der Waals surface area contributed by atoms with Gasteiger partial charge in [-0.3, -0.25) is 9.59 Å². The van der Waals surface area contributed by atoms with Crippen molar-refractivity contribution in [3.8, 4) is 0 Å². The van der Waals surface area contributed by atoms with Gasteiger partial charge in [0.1, 0.15) is 17.4 Å². The maximum absolute atomic E-state index is 13.9. The molecule has 0 unspecified atom stereocenters. The van der Waals surface area contributed by atoms with Crippen molar-refractivity contribution in [2.45, 2.75) is 26.2 Å². The standard InChI is InChI=1S/C23H19F2N3O3/c1-13-20-18(27-28-22(29)14-7-2-3-8-15(14)24)11-6-12-19(20)31-21(13)23(30)26-17-10-5-4-9-16(17)25/h2-5,7-10H,6,11-12H2,1H3,(H,26,30)(H,28,29)/b27-18+. The smallest absolute Gasteiger partial charge is 0.291 e. The number of carbonyl (C=O) groups is 2. The van der Waals surface area contributed by atoms with Gasteiger partial charge < -0.3 is 9.73 Å². The van der Waals surface area contributed by atoms with E-state index in [1.807, 2.05) is 0 Å². The van der Waals surface area contributed by atoms with Crippen LogP contribution in [0.3, 0.4) is 0 Å². The van der Waals surface area contributed by atoms with Crippen molar-refractivity contribution in [3.63, 3.8) is 0 Å². The first kappa shape index (κ1) is 20.5. The number of hydrazone groups is 1. The van der Waals surface area contributed by atoms with Crippen LogP contribution in [0.5, 0.6) is 0 Å². The average Bonchev–Trinajstić information content (AvgIpc) is 3.11. The van der Waals surface area contributed by atoms with Crippen molar-refractivity contribution in [3.05, 3.63) is 88.4 Å². The highest BCUT2D eigenvalue weighted by Gasteiger charge is 2.28. The van der Waals surface area contributed by atoms with Crippen LogP contribution in [0.15, 0.2) is 58.0 Å². The van der Waals surface area contributed by atoms with Gasteiger partial charge in [-0.2, -0.15) is 5.10 Å². The lowest BCUT2D eigenvalue weighted by Gasteiger charge is -2.13. The molecule has 1 aliphatic carbocycles. The monoisotopic (exact) mass is 423 g/mol. The fourth-order valence-corrected chi connectivity index (χ4v) is 3.56. The lowest BCUT2D eigenvalue weighted by Crippen LogP contribution is -2.23. The Balaban J connectivity index is 1.59. The van der Waals surface area contributed by atoms with Crippen molar-refractivity contribution < 1.29 is 22.8 Å². The van der Waals surface area contributed by atoms with Gasteiger partial charge in [-0.15, -0.1) is 0 Å². The Kier molecular flexibility index (Phi) is 5.62. The van der Waals surface area contributed by atoms with Crippen LogP contribution in [0.1, 0.15) is 50.6 Å². The summed E-state index contributed by atoms with van der Waals surface area (Å²) in [5.41, 5.74) is 4.04. The van der Waals surface area contributed by atoms with Gasteiger partial charge in [0.15, 0.2) is 5.76 Å². The molecule has 0 saturated carbocycles. The van der Waals surface area contributed by atoms with E-state index < -0.39 is 23.4 Å². The first-order valence-electron chi connectivity index (χ1n) is 9.75. The lowest BCUT2D eigenvalue weighted by molar-refractivity contribution is 0.0949. The number of halogens is 2. The molecule has 4 rings (SSSR count). The molecule has 31 heavy (non-hydrogen) atoms. The fourth-order valence-electron chi connectivity index (χ4n) is 3.56. The zero-order valence-corrected chi connectivity index (χ0v) is 16.7. The van der Waals surface area contributed by atoms with Crippen LogP contribution in [-0.2, 0) is 6.42 Å². The zero-order valence-electron chi connectivity index (χ0n) is 16.7. The summed E-state index contributed by atoms with van der Waals surface area (Å²) in [5, 5.41) is 6.68. The Morgan fingerprint density at radius 1 is 0.968 bits per heavy atom. The Labute approximate surface area is 177 Å². The number of carbonyl (C=O) groups excluding carboxylic acids is 2. The highest BCUT2D eigenvalue weighted by atomic mass is 19.1. The molecule has 0 aliphatic heterocycles. The van der Waals surface area contributed by atoms with E-state index in [1.54, 1.807) is 19.1 Å². The molecule has 1 aromatic heterocycles. The Morgan fingerprint density at radius 3 is 2.42 bits per heavy atom. The topological polar surface area (TPSA) is 83.7 Å². The zero-order chi connectivity index (χ0) is 22.0. The number of para-hydroxylation sites is 1. The number of nitrogens with zero attached hydrogens (tertiary/aromatic N) is 1. The molecule has 0 radical (unpaired) electrons. The van der Waals surface area contributed by atoms with E-state index in [2.05, 4.69) is 15.8 Å². The predicted octanol–water partition coefficient (Wildman–Crippen LogP) is 4.59. The summed E-state index contributed by atoms with van der Waals surface area (Å²) in [4.78, 5) is 24.9. The largest absolute Gasteiger partial charge is 0.455 e. The molecule has 0 saturated heterocycles. The molecular weight excluding hydrogens is 404 g/mol. The number of hydrogen-bond donors (Lipinski definition) is 2. The highest BCUT2D eigenvalue weighted by molar-refractivity contribution is 6.09. The average molecular weight is 423 g/mol. The summed E-state index contributed by atoms with van der Waals surface area (Å²) in [6.07, 6.45) is 1.87. The number of amides is 2. The molecule has 1 heterocycles. The van der Waals surface area contributed by atoms with Crippen molar-refractivity contribution in [2.24, 2.45) is 5.10 Å². The Hall–Kier alpha value is -3.81. The van der Waals surface area contributed by atoms with E-state index in [0.29, 0.717) is 41.9 Å². The summed E-state index contributed by atoms with van der Waals surface area (Å²) in [5.74, 6) is -1.81. The maximum Gasteiger partial charge on any atom is 0.291 e.